The molecule has 1 amide bonds. The Hall–Kier alpha value is -2.63. The summed E-state index contributed by atoms with van der Waals surface area (Å²) in [6, 6.07) is 7.86. The minimum Gasteiger partial charge on any atom is -0.349 e. The van der Waals surface area contributed by atoms with Crippen molar-refractivity contribution in [3.63, 3.8) is 0 Å². The van der Waals surface area contributed by atoms with Gasteiger partial charge >= 0.3 is 0 Å². The summed E-state index contributed by atoms with van der Waals surface area (Å²) in [6.07, 6.45) is 3.97. The van der Waals surface area contributed by atoms with Crippen LogP contribution in [0.25, 0.3) is 5.69 Å². The fourth-order valence-corrected chi connectivity index (χ4v) is 2.38. The molecule has 1 aliphatic heterocycles. The van der Waals surface area contributed by atoms with Crippen LogP contribution in [0.2, 0.25) is 0 Å². The molecule has 0 radical (unpaired) electrons. The van der Waals surface area contributed by atoms with Gasteiger partial charge in [0, 0.05) is 18.8 Å². The van der Waals surface area contributed by atoms with E-state index in [0.717, 1.165) is 11.3 Å². The van der Waals surface area contributed by atoms with Gasteiger partial charge in [-0.25, -0.2) is 4.68 Å². The van der Waals surface area contributed by atoms with Gasteiger partial charge in [-0.1, -0.05) is 12.1 Å². The van der Waals surface area contributed by atoms with E-state index in [1.807, 2.05) is 37.4 Å². The van der Waals surface area contributed by atoms with Crippen molar-refractivity contribution in [2.75, 3.05) is 7.05 Å². The lowest BCUT2D eigenvalue weighted by Gasteiger charge is -2.30. The molecule has 0 spiro atoms. The first kappa shape index (κ1) is 13.4. The Morgan fingerprint density at radius 2 is 2.24 bits per heavy atom. The number of guanidine groups is 1. The van der Waals surface area contributed by atoms with E-state index in [1.54, 1.807) is 17.9 Å². The summed E-state index contributed by atoms with van der Waals surface area (Å²) in [6.45, 7) is 2.03. The van der Waals surface area contributed by atoms with Crippen LogP contribution in [0.3, 0.4) is 0 Å². The summed E-state index contributed by atoms with van der Waals surface area (Å²) in [7, 11) is 1.60. The molecule has 0 bridgehead atoms. The van der Waals surface area contributed by atoms with Crippen LogP contribution in [0.5, 0.6) is 0 Å². The van der Waals surface area contributed by atoms with Crippen LogP contribution in [0.1, 0.15) is 23.6 Å². The molecule has 2 N–H and O–H groups in total. The first-order valence-corrected chi connectivity index (χ1v) is 6.78. The fourth-order valence-electron chi connectivity index (χ4n) is 2.38. The van der Waals surface area contributed by atoms with Crippen molar-refractivity contribution in [2.24, 2.45) is 0 Å². The Balaban J connectivity index is 1.85. The van der Waals surface area contributed by atoms with E-state index < -0.39 is 0 Å². The second-order valence-corrected chi connectivity index (χ2v) is 5.26. The predicted molar refractivity (Wildman–Crippen MR) is 79.3 cm³/mol. The van der Waals surface area contributed by atoms with E-state index in [9.17, 15) is 4.79 Å². The van der Waals surface area contributed by atoms with Crippen LogP contribution in [-0.4, -0.2) is 33.6 Å². The van der Waals surface area contributed by atoms with Crippen molar-refractivity contribution < 1.29 is 4.79 Å². The molecule has 1 aromatic heterocycles. The van der Waals surface area contributed by atoms with Crippen molar-refractivity contribution in [3.8, 4) is 5.69 Å². The van der Waals surface area contributed by atoms with Crippen LogP contribution in [0, 0.1) is 12.3 Å². The van der Waals surface area contributed by atoms with Gasteiger partial charge in [-0.05, 0) is 24.6 Å². The van der Waals surface area contributed by atoms with E-state index in [-0.39, 0.29) is 17.9 Å². The Kier molecular flexibility index (Phi) is 3.21. The molecule has 6 heteroatoms. The smallest absolute Gasteiger partial charge is 0.231 e. The largest absolute Gasteiger partial charge is 0.349 e. The number of hydrogen-bond acceptors (Lipinski definition) is 3. The summed E-state index contributed by atoms with van der Waals surface area (Å²) >= 11 is 0. The van der Waals surface area contributed by atoms with Gasteiger partial charge in [-0.3, -0.25) is 15.1 Å². The van der Waals surface area contributed by atoms with Gasteiger partial charge < -0.3 is 5.32 Å². The van der Waals surface area contributed by atoms with Crippen molar-refractivity contribution >= 4 is 11.9 Å². The third-order valence-corrected chi connectivity index (χ3v) is 3.67. The number of nitrogens with one attached hydrogen (secondary N) is 2. The monoisotopic (exact) mass is 283 g/mol. The molecule has 1 saturated heterocycles. The Morgan fingerprint density at radius 1 is 1.43 bits per heavy atom. The molecule has 1 aromatic carbocycles. The Bertz CT molecular complexity index is 688. The molecule has 2 heterocycles. The van der Waals surface area contributed by atoms with Crippen molar-refractivity contribution in [1.82, 2.24) is 20.0 Å². The lowest BCUT2D eigenvalue weighted by molar-refractivity contribution is -0.128. The summed E-state index contributed by atoms with van der Waals surface area (Å²) in [5, 5.41) is 15.1. The van der Waals surface area contributed by atoms with E-state index >= 15 is 0 Å². The topological polar surface area (TPSA) is 74.0 Å². The fraction of sp³-hybridized carbons (Fsp3) is 0.267. The molecule has 1 aliphatic rings. The van der Waals surface area contributed by atoms with E-state index in [0.29, 0.717) is 6.42 Å². The summed E-state index contributed by atoms with van der Waals surface area (Å²) in [4.78, 5) is 13.1. The molecular weight excluding hydrogens is 266 g/mol. The molecule has 3 rings (SSSR count). The minimum atomic E-state index is -0.195. The molecule has 21 heavy (non-hydrogen) atoms. The Labute approximate surface area is 122 Å². The average molecular weight is 283 g/mol. The predicted octanol–water partition coefficient (Wildman–Crippen LogP) is 1.61. The lowest BCUT2D eigenvalue weighted by atomic mass is 10.1. The average Bonchev–Trinajstić information content (AvgIpc) is 2.94. The molecule has 6 nitrogen and oxygen atoms in total. The van der Waals surface area contributed by atoms with Gasteiger partial charge in [0.15, 0.2) is 5.96 Å². The Morgan fingerprint density at radius 3 is 2.95 bits per heavy atom. The maximum absolute atomic E-state index is 11.8. The van der Waals surface area contributed by atoms with Crippen LogP contribution in [0.15, 0.2) is 36.7 Å². The van der Waals surface area contributed by atoms with Gasteiger partial charge in [0.1, 0.15) is 0 Å². The zero-order valence-corrected chi connectivity index (χ0v) is 12.0. The van der Waals surface area contributed by atoms with E-state index in [1.165, 1.54) is 10.5 Å². The van der Waals surface area contributed by atoms with Gasteiger partial charge in [0.25, 0.3) is 0 Å². The molecule has 108 valence electrons. The number of carbonyl (C=O) groups is 1. The maximum atomic E-state index is 11.8. The number of aromatic nitrogens is 2. The van der Waals surface area contributed by atoms with Crippen LogP contribution >= 0.6 is 0 Å². The number of amides is 1. The number of rotatable bonds is 2. The number of benzene rings is 1. The zero-order valence-electron chi connectivity index (χ0n) is 12.0. The second kappa shape index (κ2) is 5.05. The zero-order chi connectivity index (χ0) is 15.0. The maximum Gasteiger partial charge on any atom is 0.231 e. The molecule has 1 atom stereocenters. The molecular formula is C15H17N5O. The second-order valence-electron chi connectivity index (χ2n) is 5.26. The number of hydrogen-bond donors (Lipinski definition) is 2. The highest BCUT2D eigenvalue weighted by Crippen LogP contribution is 2.22. The number of carbonyl (C=O) groups excluding carboxylic acids is 1. The molecule has 1 fully saturated rings. The standard InChI is InChI=1S/C15H17N5O/c1-10-4-3-5-12(6-10)20-9-11(8-17-20)13-7-14(21)19(2)15(16)18-13/h3-6,8-9,13H,7H2,1-2H3,(H2,16,18)/t13-/m0/s1. The summed E-state index contributed by atoms with van der Waals surface area (Å²) < 4.78 is 1.79. The number of aryl methyl sites for hydroxylation is 1. The summed E-state index contributed by atoms with van der Waals surface area (Å²) in [5.74, 6) is 0.0617. The third kappa shape index (κ3) is 2.52. The number of nitrogens with zero attached hydrogens (tertiary/aromatic N) is 3. The molecule has 0 saturated carbocycles. The highest BCUT2D eigenvalue weighted by molar-refractivity contribution is 5.98. The minimum absolute atomic E-state index is 0.0629. The SMILES string of the molecule is Cc1cccc(-n2cc([C@@H]3CC(=O)N(C)C(=N)N3)cn2)c1. The van der Waals surface area contributed by atoms with Gasteiger partial charge in [-0.2, -0.15) is 5.10 Å². The molecule has 0 unspecified atom stereocenters. The van der Waals surface area contributed by atoms with Crippen molar-refractivity contribution in [2.45, 2.75) is 19.4 Å². The highest BCUT2D eigenvalue weighted by atomic mass is 16.2. The van der Waals surface area contributed by atoms with Crippen LogP contribution < -0.4 is 5.32 Å². The van der Waals surface area contributed by atoms with Crippen molar-refractivity contribution in [3.05, 3.63) is 47.8 Å². The quantitative estimate of drug-likeness (QED) is 0.879. The molecule has 2 aromatic rings. The third-order valence-electron chi connectivity index (χ3n) is 3.67. The van der Waals surface area contributed by atoms with Crippen molar-refractivity contribution in [1.29, 1.82) is 5.41 Å². The van der Waals surface area contributed by atoms with Crippen LogP contribution in [0.4, 0.5) is 0 Å². The highest BCUT2D eigenvalue weighted by Gasteiger charge is 2.28. The lowest BCUT2D eigenvalue weighted by Crippen LogP contribution is -2.49. The molecule has 0 aliphatic carbocycles. The summed E-state index contributed by atoms with van der Waals surface area (Å²) in [5.41, 5.74) is 3.05. The van der Waals surface area contributed by atoms with Gasteiger partial charge in [-0.15, -0.1) is 0 Å². The van der Waals surface area contributed by atoms with E-state index in [2.05, 4.69) is 10.4 Å². The first-order chi connectivity index (χ1) is 10.0. The van der Waals surface area contributed by atoms with E-state index in [4.69, 9.17) is 5.41 Å². The van der Waals surface area contributed by atoms with Crippen LogP contribution in [-0.2, 0) is 4.79 Å². The normalized spacial score (nSPS) is 18.8. The first-order valence-electron chi connectivity index (χ1n) is 6.78. The van der Waals surface area contributed by atoms with Gasteiger partial charge in [0.05, 0.1) is 24.3 Å². The van der Waals surface area contributed by atoms with Gasteiger partial charge in [0.2, 0.25) is 5.91 Å².